The van der Waals surface area contributed by atoms with Crippen LogP contribution in [0.3, 0.4) is 0 Å². The number of hydrogen-bond donors (Lipinski definition) is 0. The molecule has 1 aromatic heterocycles. The van der Waals surface area contributed by atoms with E-state index in [9.17, 15) is 8.78 Å². The molecule has 3 aromatic rings. The summed E-state index contributed by atoms with van der Waals surface area (Å²) in [5.74, 6) is -0.647. The maximum absolute atomic E-state index is 13.6. The number of halogens is 3. The van der Waals surface area contributed by atoms with Gasteiger partial charge in [-0.3, -0.25) is 0 Å². The lowest BCUT2D eigenvalue weighted by atomic mass is 10.2. The Kier molecular flexibility index (Phi) is 5.22. The molecular formula is C16H11ClF2N4S. The lowest BCUT2D eigenvalue weighted by Crippen LogP contribution is -1.95. The second kappa shape index (κ2) is 7.55. The van der Waals surface area contributed by atoms with Crippen molar-refractivity contribution in [2.75, 3.05) is 0 Å². The first-order valence-corrected chi connectivity index (χ1v) is 8.25. The molecule has 0 fully saturated rings. The number of nitrogens with zero attached hydrogens (tertiary/aromatic N) is 4. The summed E-state index contributed by atoms with van der Waals surface area (Å²) in [6.07, 6.45) is 2.71. The highest BCUT2D eigenvalue weighted by atomic mass is 35.5. The maximum atomic E-state index is 13.6. The first-order chi connectivity index (χ1) is 11.6. The van der Waals surface area contributed by atoms with Crippen molar-refractivity contribution in [3.63, 3.8) is 0 Å². The van der Waals surface area contributed by atoms with Crippen LogP contribution in [-0.4, -0.2) is 21.1 Å². The number of thioether (sulfide) groups is 1. The van der Waals surface area contributed by atoms with Crippen LogP contribution in [0.1, 0.15) is 11.1 Å². The van der Waals surface area contributed by atoms with Gasteiger partial charge >= 0.3 is 0 Å². The van der Waals surface area contributed by atoms with Crippen LogP contribution in [0.15, 0.2) is 59.0 Å². The van der Waals surface area contributed by atoms with Gasteiger partial charge in [-0.15, -0.1) is 10.2 Å². The van der Waals surface area contributed by atoms with E-state index in [1.807, 2.05) is 24.3 Å². The molecule has 122 valence electrons. The first-order valence-electron chi connectivity index (χ1n) is 6.88. The Labute approximate surface area is 146 Å². The predicted molar refractivity (Wildman–Crippen MR) is 90.4 cm³/mol. The smallest absolute Gasteiger partial charge is 0.207 e. The summed E-state index contributed by atoms with van der Waals surface area (Å²) >= 11 is 7.29. The van der Waals surface area contributed by atoms with Gasteiger partial charge < -0.3 is 0 Å². The Hall–Kier alpha value is -2.25. The third-order valence-electron chi connectivity index (χ3n) is 3.07. The summed E-state index contributed by atoms with van der Waals surface area (Å²) in [6, 6.07) is 10.8. The van der Waals surface area contributed by atoms with Crippen LogP contribution in [0, 0.1) is 11.6 Å². The van der Waals surface area contributed by atoms with Gasteiger partial charge in [-0.25, -0.2) is 8.78 Å². The molecule has 0 radical (unpaired) electrons. The zero-order valence-electron chi connectivity index (χ0n) is 12.2. The van der Waals surface area contributed by atoms with Crippen LogP contribution in [0.2, 0.25) is 5.02 Å². The molecule has 0 saturated carbocycles. The largest absolute Gasteiger partial charge is 0.212 e. The molecule has 2 aromatic carbocycles. The highest BCUT2D eigenvalue weighted by Gasteiger charge is 2.06. The fraction of sp³-hybridized carbons (Fsp3) is 0.0625. The standard InChI is InChI=1S/C16H11ClF2N4S/c17-13-4-1-11(2-5-13)9-24-16-22-20-10-23(16)21-8-12-3-6-14(18)7-15(12)19/h1-8,10H,9H2/b21-8+. The van der Waals surface area contributed by atoms with Crippen molar-refractivity contribution in [2.24, 2.45) is 5.10 Å². The fourth-order valence-corrected chi connectivity index (χ4v) is 2.80. The zero-order valence-corrected chi connectivity index (χ0v) is 13.8. The Morgan fingerprint density at radius 3 is 2.71 bits per heavy atom. The van der Waals surface area contributed by atoms with Crippen LogP contribution in [0.25, 0.3) is 0 Å². The second-order valence-electron chi connectivity index (χ2n) is 4.78. The van der Waals surface area contributed by atoms with Crippen LogP contribution in [0.5, 0.6) is 0 Å². The molecular weight excluding hydrogens is 354 g/mol. The normalized spacial score (nSPS) is 11.3. The van der Waals surface area contributed by atoms with E-state index in [0.29, 0.717) is 15.9 Å². The summed E-state index contributed by atoms with van der Waals surface area (Å²) in [7, 11) is 0. The quantitative estimate of drug-likeness (QED) is 0.498. The predicted octanol–water partition coefficient (Wildman–Crippen LogP) is 4.38. The SMILES string of the molecule is Fc1ccc(/C=N/n2cnnc2SCc2ccc(Cl)cc2)c(F)c1. The zero-order chi connectivity index (χ0) is 16.9. The average Bonchev–Trinajstić information content (AvgIpc) is 3.01. The molecule has 3 rings (SSSR count). The van der Waals surface area contributed by atoms with E-state index in [-0.39, 0.29) is 5.56 Å². The molecule has 0 N–H and O–H groups in total. The third kappa shape index (κ3) is 4.18. The van der Waals surface area contributed by atoms with Crippen LogP contribution >= 0.6 is 23.4 Å². The molecule has 0 atom stereocenters. The Bertz CT molecular complexity index is 865. The molecule has 0 spiro atoms. The Morgan fingerprint density at radius 2 is 1.96 bits per heavy atom. The van der Waals surface area contributed by atoms with Crippen LogP contribution < -0.4 is 0 Å². The summed E-state index contributed by atoms with van der Waals surface area (Å²) in [5, 5.41) is 13.1. The second-order valence-corrected chi connectivity index (χ2v) is 6.16. The number of rotatable bonds is 5. The minimum absolute atomic E-state index is 0.179. The van der Waals surface area contributed by atoms with E-state index in [1.54, 1.807) is 0 Å². The van der Waals surface area contributed by atoms with Crippen molar-refractivity contribution >= 4 is 29.6 Å². The van der Waals surface area contributed by atoms with E-state index in [1.165, 1.54) is 41.1 Å². The van der Waals surface area contributed by atoms with E-state index in [4.69, 9.17) is 11.6 Å². The number of benzene rings is 2. The van der Waals surface area contributed by atoms with Gasteiger partial charge in [0.2, 0.25) is 5.16 Å². The van der Waals surface area contributed by atoms with Gasteiger partial charge in [0.05, 0.1) is 6.21 Å². The third-order valence-corrected chi connectivity index (χ3v) is 4.32. The van der Waals surface area contributed by atoms with Gasteiger partial charge in [-0.05, 0) is 29.8 Å². The molecule has 8 heteroatoms. The van der Waals surface area contributed by atoms with E-state index >= 15 is 0 Å². The van der Waals surface area contributed by atoms with Crippen molar-refractivity contribution < 1.29 is 8.78 Å². The maximum Gasteiger partial charge on any atom is 0.212 e. The minimum Gasteiger partial charge on any atom is -0.207 e. The van der Waals surface area contributed by atoms with E-state index in [0.717, 1.165) is 11.6 Å². The molecule has 24 heavy (non-hydrogen) atoms. The molecule has 0 unspecified atom stereocenters. The molecule has 0 aliphatic rings. The minimum atomic E-state index is -0.679. The number of aromatic nitrogens is 3. The molecule has 0 bridgehead atoms. The van der Waals surface area contributed by atoms with Gasteiger partial charge in [-0.1, -0.05) is 35.5 Å². The van der Waals surface area contributed by atoms with Crippen molar-refractivity contribution in [2.45, 2.75) is 10.9 Å². The van der Waals surface area contributed by atoms with Gasteiger partial charge in [-0.2, -0.15) is 9.78 Å². The summed E-state index contributed by atoms with van der Waals surface area (Å²) in [4.78, 5) is 0. The molecule has 1 heterocycles. The van der Waals surface area contributed by atoms with Crippen molar-refractivity contribution in [3.8, 4) is 0 Å². The van der Waals surface area contributed by atoms with E-state index in [2.05, 4.69) is 15.3 Å². The van der Waals surface area contributed by atoms with Gasteiger partial charge in [0.25, 0.3) is 0 Å². The molecule has 0 saturated heterocycles. The Morgan fingerprint density at radius 1 is 1.17 bits per heavy atom. The molecule has 4 nitrogen and oxygen atoms in total. The molecule has 0 amide bonds. The van der Waals surface area contributed by atoms with Gasteiger partial charge in [0.1, 0.15) is 18.0 Å². The van der Waals surface area contributed by atoms with Crippen molar-refractivity contribution in [3.05, 3.63) is 76.6 Å². The van der Waals surface area contributed by atoms with Crippen LogP contribution in [-0.2, 0) is 5.75 Å². The van der Waals surface area contributed by atoms with Crippen LogP contribution in [0.4, 0.5) is 8.78 Å². The summed E-state index contributed by atoms with van der Waals surface area (Å²) in [6.45, 7) is 0. The van der Waals surface area contributed by atoms with Gasteiger partial charge in [0, 0.05) is 22.4 Å². The van der Waals surface area contributed by atoms with E-state index < -0.39 is 11.6 Å². The first kappa shape index (κ1) is 16.6. The fourth-order valence-electron chi connectivity index (χ4n) is 1.85. The lowest BCUT2D eigenvalue weighted by molar-refractivity contribution is 0.582. The molecule has 0 aliphatic heterocycles. The average molecular weight is 365 g/mol. The number of hydrogen-bond acceptors (Lipinski definition) is 4. The highest BCUT2D eigenvalue weighted by molar-refractivity contribution is 7.98. The highest BCUT2D eigenvalue weighted by Crippen LogP contribution is 2.21. The van der Waals surface area contributed by atoms with Crippen molar-refractivity contribution in [1.29, 1.82) is 0 Å². The summed E-state index contributed by atoms with van der Waals surface area (Å²) in [5.41, 5.74) is 1.26. The molecule has 0 aliphatic carbocycles. The monoisotopic (exact) mass is 364 g/mol. The topological polar surface area (TPSA) is 43.1 Å². The summed E-state index contributed by atoms with van der Waals surface area (Å²) < 4.78 is 27.9. The van der Waals surface area contributed by atoms with Crippen molar-refractivity contribution in [1.82, 2.24) is 14.9 Å². The van der Waals surface area contributed by atoms with Gasteiger partial charge in [0.15, 0.2) is 0 Å². The Balaban J connectivity index is 1.70. The lowest BCUT2D eigenvalue weighted by Gasteiger charge is -2.02.